The third kappa shape index (κ3) is 16.0. The van der Waals surface area contributed by atoms with Crippen LogP contribution >= 0.6 is 7.82 Å². The first-order chi connectivity index (χ1) is 2.56. The van der Waals surface area contributed by atoms with Crippen molar-refractivity contribution < 1.29 is 70.5 Å². The van der Waals surface area contributed by atoms with Crippen LogP contribution in [-0.4, -0.2) is 55.3 Å². The average Bonchev–Trinajstić information content (AvgIpc) is 1.35. The van der Waals surface area contributed by atoms with E-state index in [1.54, 1.807) is 0 Å². The number of phosphoric acid groups is 1. The van der Waals surface area contributed by atoms with Crippen LogP contribution in [0.4, 0.5) is 4.53 Å². The molecule has 0 atom stereocenters. The van der Waals surface area contributed by atoms with Crippen LogP contribution in [-0.2, 0) is 9.29 Å². The molecule has 8 heavy (non-hydrogen) atoms. The second-order valence-electron chi connectivity index (χ2n) is 0.560. The van der Waals surface area contributed by atoms with Gasteiger partial charge in [-0.3, -0.25) is 0 Å². The van der Waals surface area contributed by atoms with Crippen molar-refractivity contribution in [2.24, 2.45) is 0 Å². The molecular formula is H4FO4PSrYb. The molecule has 0 heterocycles. The van der Waals surface area contributed by atoms with E-state index in [4.69, 9.17) is 14.4 Å². The van der Waals surface area contributed by atoms with Crippen LogP contribution in [0, 0.1) is 46.9 Å². The van der Waals surface area contributed by atoms with Crippen molar-refractivity contribution >= 4 is 53.3 Å². The Balaban J connectivity index is -0.000000125. The van der Waals surface area contributed by atoms with E-state index in [2.05, 4.69) is 4.73 Å². The van der Waals surface area contributed by atoms with Crippen LogP contribution in [0.25, 0.3) is 0 Å². The third-order valence-electron chi connectivity index (χ3n) is 0.0899. The first-order valence-electron chi connectivity index (χ1n) is 0.919. The van der Waals surface area contributed by atoms with Crippen molar-refractivity contribution in [1.82, 2.24) is 0 Å². The zero-order chi connectivity index (χ0) is 5.21. The maximum absolute atomic E-state index is 10.2. The molecule has 0 rings (SSSR count). The van der Waals surface area contributed by atoms with Gasteiger partial charge in [-0.15, -0.1) is 0 Å². The number of hydrogen-bond acceptors (Lipinski definition) is 2. The maximum atomic E-state index is 10.2. The second kappa shape index (κ2) is 8.14. The van der Waals surface area contributed by atoms with Crippen LogP contribution in [0.15, 0.2) is 0 Å². The van der Waals surface area contributed by atoms with Crippen molar-refractivity contribution in [2.45, 2.75) is 0 Å². The Kier molecular flexibility index (Phi) is 17.5. The monoisotopic (exact) mass is 380 g/mol. The number of halogens is 1. The summed E-state index contributed by atoms with van der Waals surface area (Å²) in [5.41, 5.74) is 0. The van der Waals surface area contributed by atoms with E-state index in [0.29, 0.717) is 0 Å². The largest absolute Gasteiger partial charge is 0 e. The van der Waals surface area contributed by atoms with Gasteiger partial charge in [0.15, 0.2) is 0 Å². The van der Waals surface area contributed by atoms with Crippen molar-refractivity contribution in [1.29, 1.82) is 0 Å². The molecule has 0 spiro atoms. The van der Waals surface area contributed by atoms with E-state index in [0.717, 1.165) is 0 Å². The van der Waals surface area contributed by atoms with Crippen LogP contribution in [0.1, 0.15) is 0 Å². The van der Waals surface area contributed by atoms with E-state index in [1.807, 2.05) is 0 Å². The summed E-state index contributed by atoms with van der Waals surface area (Å²) in [5, 5.41) is 0. The Morgan fingerprint density at radius 3 is 1.62 bits per heavy atom. The fourth-order valence-electron chi connectivity index (χ4n) is 0. The summed E-state index contributed by atoms with van der Waals surface area (Å²) < 4.78 is 21.4. The number of rotatable bonds is 1. The molecule has 0 fully saturated rings. The van der Waals surface area contributed by atoms with Gasteiger partial charge in [-0.2, -0.15) is 0 Å². The van der Waals surface area contributed by atoms with Gasteiger partial charge in [0.1, 0.15) is 0 Å². The quantitative estimate of drug-likeness (QED) is 0.457. The molecule has 0 bridgehead atoms. The molecule has 0 saturated carbocycles. The Morgan fingerprint density at radius 2 is 1.62 bits per heavy atom. The standard InChI is InChI=1S/FH2O4P.Sr.Yb.2H/c1-5-6(2,3)4;;;;/h(H2,2,3,4);;;;. The first-order valence-corrected chi connectivity index (χ1v) is 2.45. The molecule has 0 aliphatic rings. The van der Waals surface area contributed by atoms with Crippen LogP contribution < -0.4 is 0 Å². The van der Waals surface area contributed by atoms with E-state index in [1.165, 1.54) is 0 Å². The summed E-state index contributed by atoms with van der Waals surface area (Å²) in [6.07, 6.45) is 0. The predicted octanol–water partition coefficient (Wildman–Crippen LogP) is -0.936. The Hall–Kier alpha value is 3.04. The van der Waals surface area contributed by atoms with Gasteiger partial charge in [0, 0.05) is 46.9 Å². The first kappa shape index (κ1) is 17.2. The van der Waals surface area contributed by atoms with Crippen LogP contribution in [0.3, 0.4) is 0 Å². The van der Waals surface area contributed by atoms with Gasteiger partial charge in [-0.25, -0.2) is 4.57 Å². The normalized spacial score (nSPS) is 8.88. The fourth-order valence-corrected chi connectivity index (χ4v) is 0. The van der Waals surface area contributed by atoms with E-state index < -0.39 is 7.82 Å². The molecule has 2 N–H and O–H groups in total. The summed E-state index contributed by atoms with van der Waals surface area (Å²) in [5.74, 6) is 0. The molecule has 0 aromatic heterocycles. The fraction of sp³-hybridized carbons (Fsp3) is 0. The van der Waals surface area contributed by atoms with Gasteiger partial charge in [-0.1, -0.05) is 4.73 Å². The van der Waals surface area contributed by atoms with Crippen molar-refractivity contribution in [3.8, 4) is 0 Å². The average molecular weight is 379 g/mol. The Morgan fingerprint density at radius 1 is 1.50 bits per heavy atom. The molecule has 0 aromatic carbocycles. The summed E-state index contributed by atoms with van der Waals surface area (Å²) in [7, 11) is -4.81. The maximum Gasteiger partial charge on any atom is 0 e. The van der Waals surface area contributed by atoms with E-state index in [9.17, 15) is 4.53 Å². The minimum absolute atomic E-state index is 0. The van der Waals surface area contributed by atoms with Crippen molar-refractivity contribution in [2.75, 3.05) is 0 Å². The molecule has 0 aromatic rings. The summed E-state index contributed by atoms with van der Waals surface area (Å²) in [6, 6.07) is 0. The molecule has 0 saturated heterocycles. The second-order valence-corrected chi connectivity index (χ2v) is 1.68. The van der Waals surface area contributed by atoms with E-state index in [-0.39, 0.29) is 92.4 Å². The Labute approximate surface area is 121 Å². The zero-order valence-corrected chi connectivity index (χ0v) is 5.41. The van der Waals surface area contributed by atoms with Gasteiger partial charge < -0.3 is 9.79 Å². The Bertz CT molecular complexity index is 80.1. The molecule has 8 heteroatoms. The molecule has 0 radical (unpaired) electrons. The molecular weight excluding hydrogens is 375 g/mol. The SMILES string of the molecule is O=P(O)(O)OF.[SrH2].[Yb]. The molecule has 4 nitrogen and oxygen atoms in total. The van der Waals surface area contributed by atoms with Crippen LogP contribution in [0.2, 0.25) is 0 Å². The molecule has 56 valence electrons. The smallest absolute Gasteiger partial charge is 0 e. The minimum Gasteiger partial charge on any atom is 0 e. The summed E-state index contributed by atoms with van der Waals surface area (Å²) in [6.45, 7) is 0. The van der Waals surface area contributed by atoms with Crippen LogP contribution in [0.5, 0.6) is 0 Å². The molecule has 0 unspecified atom stereocenters. The predicted molar refractivity (Wildman–Crippen MR) is 22.8 cm³/mol. The summed E-state index contributed by atoms with van der Waals surface area (Å²) >= 11 is 0. The molecule has 0 aliphatic heterocycles. The molecule has 0 amide bonds. The summed E-state index contributed by atoms with van der Waals surface area (Å²) in [4.78, 5) is 14.7. The molecule has 0 aliphatic carbocycles. The zero-order valence-electron chi connectivity index (χ0n) is 2.80. The van der Waals surface area contributed by atoms with Crippen molar-refractivity contribution in [3.05, 3.63) is 0 Å². The minimum atomic E-state index is -4.81. The van der Waals surface area contributed by atoms with Gasteiger partial charge >= 0.3 is 53.3 Å². The van der Waals surface area contributed by atoms with Gasteiger partial charge in [0.05, 0.1) is 0 Å². The van der Waals surface area contributed by atoms with Gasteiger partial charge in [0.2, 0.25) is 0 Å². The third-order valence-corrected chi connectivity index (χ3v) is 0.270. The number of hydrogen-bond donors (Lipinski definition) is 2. The van der Waals surface area contributed by atoms with E-state index >= 15 is 0 Å². The van der Waals surface area contributed by atoms with Gasteiger partial charge in [0.25, 0.3) is 0 Å². The topological polar surface area (TPSA) is 66.8 Å². The van der Waals surface area contributed by atoms with Gasteiger partial charge in [-0.05, 0) is 4.53 Å². The van der Waals surface area contributed by atoms with Crippen molar-refractivity contribution in [3.63, 3.8) is 0 Å².